The van der Waals surface area contributed by atoms with Crippen molar-refractivity contribution in [1.82, 2.24) is 15.5 Å². The van der Waals surface area contributed by atoms with Gasteiger partial charge in [-0.3, -0.25) is 9.89 Å². The highest BCUT2D eigenvalue weighted by molar-refractivity contribution is 14.0. The van der Waals surface area contributed by atoms with Crippen molar-refractivity contribution in [2.45, 2.75) is 50.5 Å². The Labute approximate surface area is 203 Å². The zero-order valence-electron chi connectivity index (χ0n) is 18.7. The fourth-order valence-electron chi connectivity index (χ4n) is 4.97. The minimum atomic E-state index is 0. The maximum Gasteiger partial charge on any atom is 0.191 e. The highest BCUT2D eigenvalue weighted by Crippen LogP contribution is 2.34. The van der Waals surface area contributed by atoms with Crippen LogP contribution in [0.15, 0.2) is 27.8 Å². The maximum atomic E-state index is 5.62. The van der Waals surface area contributed by atoms with Crippen LogP contribution in [0.3, 0.4) is 0 Å². The Morgan fingerprint density at radius 1 is 1.10 bits per heavy atom. The first kappa shape index (κ1) is 24.8. The van der Waals surface area contributed by atoms with Crippen LogP contribution in [0.1, 0.15) is 44.3 Å². The van der Waals surface area contributed by atoms with Gasteiger partial charge < -0.3 is 24.5 Å². The third-order valence-corrected chi connectivity index (χ3v) is 6.82. The number of guanidine groups is 1. The monoisotopic (exact) mass is 546 g/mol. The molecule has 2 N–H and O–H groups in total. The number of hydrogen-bond acceptors (Lipinski definition) is 5. The highest BCUT2D eigenvalue weighted by atomic mass is 127. The van der Waals surface area contributed by atoms with Crippen LogP contribution in [-0.2, 0) is 15.9 Å². The second kappa shape index (κ2) is 13.0. The number of nitrogens with zero attached hydrogens (tertiary/aromatic N) is 2. The van der Waals surface area contributed by atoms with Crippen LogP contribution in [0, 0.1) is 5.92 Å². The van der Waals surface area contributed by atoms with E-state index in [0.29, 0.717) is 5.92 Å². The predicted molar refractivity (Wildman–Crippen MR) is 133 cm³/mol. The highest BCUT2D eigenvalue weighted by Gasteiger charge is 2.38. The van der Waals surface area contributed by atoms with Gasteiger partial charge in [0.15, 0.2) is 5.96 Å². The lowest BCUT2D eigenvalue weighted by atomic mass is 9.80. The van der Waals surface area contributed by atoms with Crippen molar-refractivity contribution >= 4 is 29.9 Å². The van der Waals surface area contributed by atoms with E-state index < -0.39 is 0 Å². The molecule has 0 amide bonds. The van der Waals surface area contributed by atoms with Crippen molar-refractivity contribution in [2.75, 3.05) is 59.2 Å². The standard InChI is InChI=1S/C23H38N4O3.HI/c1-2-8-23(9-3-1,27-11-15-28-16-12-27)19-26-22(25-17-20-7-14-29-18-20)24-10-6-21-5-4-13-30-21;/h4-5,13,20H,1-3,6-12,14-19H2,(H2,24,25,26);1H. The summed E-state index contributed by atoms with van der Waals surface area (Å²) in [4.78, 5) is 7.77. The van der Waals surface area contributed by atoms with Crippen LogP contribution in [0.25, 0.3) is 0 Å². The molecule has 1 unspecified atom stereocenters. The summed E-state index contributed by atoms with van der Waals surface area (Å²) in [6, 6.07) is 3.97. The van der Waals surface area contributed by atoms with Gasteiger partial charge in [-0.2, -0.15) is 0 Å². The molecule has 2 saturated heterocycles. The van der Waals surface area contributed by atoms with E-state index in [1.54, 1.807) is 6.26 Å². The van der Waals surface area contributed by atoms with E-state index in [1.165, 1.54) is 32.1 Å². The fourth-order valence-corrected chi connectivity index (χ4v) is 4.97. The second-order valence-electron chi connectivity index (χ2n) is 8.92. The molecule has 2 aliphatic heterocycles. The third-order valence-electron chi connectivity index (χ3n) is 6.82. The smallest absolute Gasteiger partial charge is 0.191 e. The van der Waals surface area contributed by atoms with E-state index in [-0.39, 0.29) is 29.5 Å². The molecule has 3 aliphatic rings. The molecule has 7 nitrogen and oxygen atoms in total. The lowest BCUT2D eigenvalue weighted by Crippen LogP contribution is -2.56. The number of hydrogen-bond donors (Lipinski definition) is 2. The number of nitrogens with one attached hydrogen (secondary N) is 2. The Hall–Kier alpha value is -0.840. The minimum Gasteiger partial charge on any atom is -0.469 e. The summed E-state index contributed by atoms with van der Waals surface area (Å²) in [5.41, 5.74) is 0.189. The minimum absolute atomic E-state index is 0. The molecule has 4 rings (SSSR count). The van der Waals surface area contributed by atoms with Crippen LogP contribution in [0.4, 0.5) is 0 Å². The van der Waals surface area contributed by atoms with Gasteiger partial charge in [-0.25, -0.2) is 0 Å². The van der Waals surface area contributed by atoms with Crippen LogP contribution < -0.4 is 10.6 Å². The number of furan rings is 1. The normalized spacial score (nSPS) is 24.5. The van der Waals surface area contributed by atoms with E-state index in [9.17, 15) is 0 Å². The average Bonchev–Trinajstić information content (AvgIpc) is 3.51. The van der Waals surface area contributed by atoms with Crippen molar-refractivity contribution in [1.29, 1.82) is 0 Å². The summed E-state index contributed by atoms with van der Waals surface area (Å²) in [7, 11) is 0. The molecule has 1 aromatic heterocycles. The summed E-state index contributed by atoms with van der Waals surface area (Å²) in [6.07, 6.45) is 10.2. The van der Waals surface area contributed by atoms with E-state index in [1.807, 2.05) is 12.1 Å². The summed E-state index contributed by atoms with van der Waals surface area (Å²) in [5.74, 6) is 2.50. The van der Waals surface area contributed by atoms with E-state index in [0.717, 1.165) is 83.7 Å². The number of morpholine rings is 1. The molecule has 176 valence electrons. The van der Waals surface area contributed by atoms with Crippen LogP contribution >= 0.6 is 24.0 Å². The van der Waals surface area contributed by atoms with E-state index in [2.05, 4.69) is 15.5 Å². The fraction of sp³-hybridized carbons (Fsp3) is 0.783. The Morgan fingerprint density at radius 3 is 2.65 bits per heavy atom. The zero-order valence-corrected chi connectivity index (χ0v) is 21.0. The first-order valence-electron chi connectivity index (χ1n) is 11.8. The number of ether oxygens (including phenoxy) is 2. The molecule has 31 heavy (non-hydrogen) atoms. The lowest BCUT2D eigenvalue weighted by Gasteiger charge is -2.47. The Morgan fingerprint density at radius 2 is 1.94 bits per heavy atom. The molecule has 0 radical (unpaired) electrons. The van der Waals surface area contributed by atoms with Gasteiger partial charge in [0.05, 0.1) is 32.6 Å². The van der Waals surface area contributed by atoms with Crippen molar-refractivity contribution in [3.8, 4) is 0 Å². The van der Waals surface area contributed by atoms with E-state index >= 15 is 0 Å². The van der Waals surface area contributed by atoms with Crippen molar-refractivity contribution in [3.63, 3.8) is 0 Å². The Bertz CT molecular complexity index is 637. The van der Waals surface area contributed by atoms with E-state index in [4.69, 9.17) is 18.9 Å². The first-order chi connectivity index (χ1) is 14.8. The Kier molecular flexibility index (Phi) is 10.4. The molecule has 0 spiro atoms. The summed E-state index contributed by atoms with van der Waals surface area (Å²) in [5, 5.41) is 7.12. The molecule has 1 aliphatic carbocycles. The van der Waals surface area contributed by atoms with Gasteiger partial charge in [0.25, 0.3) is 0 Å². The van der Waals surface area contributed by atoms with Crippen molar-refractivity contribution in [3.05, 3.63) is 24.2 Å². The van der Waals surface area contributed by atoms with Gasteiger partial charge >= 0.3 is 0 Å². The topological polar surface area (TPSA) is 71.3 Å². The summed E-state index contributed by atoms with van der Waals surface area (Å²) in [6.45, 7) is 8.06. The molecule has 0 bridgehead atoms. The van der Waals surface area contributed by atoms with Gasteiger partial charge in [-0.05, 0) is 31.4 Å². The lowest BCUT2D eigenvalue weighted by molar-refractivity contribution is -0.0333. The predicted octanol–water partition coefficient (Wildman–Crippen LogP) is 3.05. The van der Waals surface area contributed by atoms with Crippen LogP contribution in [0.2, 0.25) is 0 Å². The quantitative estimate of drug-likeness (QED) is 0.297. The Balaban J connectivity index is 0.00000272. The van der Waals surface area contributed by atoms with Gasteiger partial charge in [0, 0.05) is 50.7 Å². The molecule has 1 atom stereocenters. The van der Waals surface area contributed by atoms with Crippen molar-refractivity contribution in [2.24, 2.45) is 10.9 Å². The molecule has 8 heteroatoms. The average molecular weight is 546 g/mol. The summed E-state index contributed by atoms with van der Waals surface area (Å²) >= 11 is 0. The number of aliphatic imine (C=N–C) groups is 1. The molecular weight excluding hydrogens is 507 g/mol. The largest absolute Gasteiger partial charge is 0.469 e. The molecule has 1 aromatic rings. The molecule has 0 aromatic carbocycles. The van der Waals surface area contributed by atoms with Crippen molar-refractivity contribution < 1.29 is 13.9 Å². The molecule has 3 heterocycles. The molecule has 3 fully saturated rings. The number of halogens is 1. The second-order valence-corrected chi connectivity index (χ2v) is 8.92. The third kappa shape index (κ3) is 7.33. The summed E-state index contributed by atoms with van der Waals surface area (Å²) < 4.78 is 16.6. The first-order valence-corrected chi connectivity index (χ1v) is 11.8. The van der Waals surface area contributed by atoms with Gasteiger partial charge in [0.1, 0.15) is 5.76 Å². The van der Waals surface area contributed by atoms with Crippen LogP contribution in [0.5, 0.6) is 0 Å². The van der Waals surface area contributed by atoms with Gasteiger partial charge in [-0.15, -0.1) is 24.0 Å². The van der Waals surface area contributed by atoms with Gasteiger partial charge in [-0.1, -0.05) is 19.3 Å². The van der Waals surface area contributed by atoms with Gasteiger partial charge in [0.2, 0.25) is 0 Å². The number of rotatable bonds is 8. The van der Waals surface area contributed by atoms with Crippen LogP contribution in [-0.4, -0.2) is 75.5 Å². The zero-order chi connectivity index (χ0) is 20.5. The maximum absolute atomic E-state index is 5.62. The molecular formula is C23H39IN4O3. The molecule has 1 saturated carbocycles. The SMILES string of the molecule is I.c1coc(CCNC(=NCC2(N3CCOCC3)CCCCC2)NCC2CCOC2)c1.